The van der Waals surface area contributed by atoms with Gasteiger partial charge in [0, 0.05) is 6.42 Å². The van der Waals surface area contributed by atoms with Crippen LogP contribution in [-0.4, -0.2) is 12.3 Å². The molecule has 0 spiro atoms. The Morgan fingerprint density at radius 1 is 0.833 bits per heavy atom. The fourth-order valence-corrected chi connectivity index (χ4v) is 2.91. The van der Waals surface area contributed by atoms with E-state index in [0.717, 1.165) is 12.8 Å². The van der Waals surface area contributed by atoms with E-state index >= 15 is 0 Å². The van der Waals surface area contributed by atoms with Gasteiger partial charge in [0.05, 0.1) is 6.26 Å². The van der Waals surface area contributed by atoms with Gasteiger partial charge in [0.15, 0.2) is 0 Å². The summed E-state index contributed by atoms with van der Waals surface area (Å²) in [5.74, 6) is -0.164. The number of allylic oxidation sites excluding steroid dienone is 2. The average Bonchev–Trinajstić information content (AvgIpc) is 2.60. The zero-order chi connectivity index (χ0) is 17.3. The molecule has 3 heteroatoms. The molecule has 3 nitrogen and oxygen atoms in total. The highest BCUT2D eigenvalue weighted by molar-refractivity contribution is 5.69. The maximum Gasteiger partial charge on any atom is 0.309 e. The standard InChI is InChI=1S/C21H36O3/c1-2-3-4-5-6-7-8-9-10-11-12-13-14-17-20(22)24-21-18-15-16-19-23-21/h15-16,18-19,21H,2-14,17H2,1H3. The van der Waals surface area contributed by atoms with Crippen molar-refractivity contribution in [1.29, 1.82) is 0 Å². The molecule has 0 aromatic rings. The topological polar surface area (TPSA) is 35.5 Å². The fraction of sp³-hybridized carbons (Fsp3) is 0.762. The molecule has 1 unspecified atom stereocenters. The summed E-state index contributed by atoms with van der Waals surface area (Å²) in [5, 5.41) is 0. The Labute approximate surface area is 148 Å². The minimum absolute atomic E-state index is 0.164. The van der Waals surface area contributed by atoms with Crippen molar-refractivity contribution >= 4 is 5.97 Å². The molecule has 1 aliphatic rings. The van der Waals surface area contributed by atoms with E-state index in [1.807, 2.05) is 6.08 Å². The number of rotatable bonds is 15. The molecule has 0 bridgehead atoms. The molecule has 0 N–H and O–H groups in total. The van der Waals surface area contributed by atoms with Gasteiger partial charge in [-0.2, -0.15) is 0 Å². The molecule has 0 aliphatic carbocycles. The van der Waals surface area contributed by atoms with Crippen molar-refractivity contribution < 1.29 is 14.3 Å². The largest absolute Gasteiger partial charge is 0.459 e. The molecule has 24 heavy (non-hydrogen) atoms. The van der Waals surface area contributed by atoms with Gasteiger partial charge in [-0.3, -0.25) is 4.79 Å². The van der Waals surface area contributed by atoms with Gasteiger partial charge in [-0.05, 0) is 18.6 Å². The molecule has 0 saturated heterocycles. The number of ether oxygens (including phenoxy) is 2. The first-order chi connectivity index (χ1) is 11.8. The highest BCUT2D eigenvalue weighted by Gasteiger charge is 2.11. The minimum Gasteiger partial charge on any atom is -0.459 e. The van der Waals surface area contributed by atoms with Crippen LogP contribution in [0.25, 0.3) is 0 Å². The molecule has 1 rings (SSSR count). The molecular formula is C21H36O3. The van der Waals surface area contributed by atoms with Crippen LogP contribution < -0.4 is 0 Å². The first-order valence-corrected chi connectivity index (χ1v) is 10.0. The molecule has 1 atom stereocenters. The summed E-state index contributed by atoms with van der Waals surface area (Å²) in [6.07, 6.45) is 23.9. The number of hydrogen-bond acceptors (Lipinski definition) is 3. The van der Waals surface area contributed by atoms with Gasteiger partial charge in [-0.1, -0.05) is 90.0 Å². The first-order valence-electron chi connectivity index (χ1n) is 10.0. The second kappa shape index (κ2) is 15.3. The monoisotopic (exact) mass is 336 g/mol. The molecule has 0 aromatic heterocycles. The highest BCUT2D eigenvalue weighted by Crippen LogP contribution is 2.13. The lowest BCUT2D eigenvalue weighted by Crippen LogP contribution is -2.18. The summed E-state index contributed by atoms with van der Waals surface area (Å²) in [7, 11) is 0. The van der Waals surface area contributed by atoms with E-state index in [0.29, 0.717) is 6.42 Å². The average molecular weight is 337 g/mol. The van der Waals surface area contributed by atoms with Crippen molar-refractivity contribution in [1.82, 2.24) is 0 Å². The van der Waals surface area contributed by atoms with Gasteiger partial charge in [-0.25, -0.2) is 0 Å². The van der Waals surface area contributed by atoms with Crippen molar-refractivity contribution in [2.45, 2.75) is 103 Å². The molecule has 0 saturated carbocycles. The lowest BCUT2D eigenvalue weighted by atomic mass is 10.0. The number of hydrogen-bond donors (Lipinski definition) is 0. The van der Waals surface area contributed by atoms with Crippen molar-refractivity contribution in [2.24, 2.45) is 0 Å². The maximum absolute atomic E-state index is 11.7. The summed E-state index contributed by atoms with van der Waals surface area (Å²) in [6.45, 7) is 2.27. The van der Waals surface area contributed by atoms with E-state index in [-0.39, 0.29) is 5.97 Å². The molecule has 0 fully saturated rings. The van der Waals surface area contributed by atoms with Crippen LogP contribution in [-0.2, 0) is 14.3 Å². The molecule has 0 aromatic carbocycles. The van der Waals surface area contributed by atoms with Gasteiger partial charge < -0.3 is 9.47 Å². The van der Waals surface area contributed by atoms with Crippen LogP contribution in [0.4, 0.5) is 0 Å². The zero-order valence-corrected chi connectivity index (χ0v) is 15.5. The third kappa shape index (κ3) is 12.2. The maximum atomic E-state index is 11.7. The highest BCUT2D eigenvalue weighted by atomic mass is 16.7. The molecular weight excluding hydrogens is 300 g/mol. The lowest BCUT2D eigenvalue weighted by Gasteiger charge is -2.15. The fourth-order valence-electron chi connectivity index (χ4n) is 2.91. The van der Waals surface area contributed by atoms with Gasteiger partial charge in [0.25, 0.3) is 6.29 Å². The molecule has 1 heterocycles. The van der Waals surface area contributed by atoms with Crippen LogP contribution >= 0.6 is 0 Å². The summed E-state index contributed by atoms with van der Waals surface area (Å²) in [6, 6.07) is 0. The molecule has 1 aliphatic heterocycles. The van der Waals surface area contributed by atoms with Crippen LogP contribution in [0.15, 0.2) is 24.5 Å². The second-order valence-electron chi connectivity index (χ2n) is 6.70. The Bertz CT molecular complexity index is 360. The van der Waals surface area contributed by atoms with Gasteiger partial charge in [-0.15, -0.1) is 0 Å². The van der Waals surface area contributed by atoms with E-state index < -0.39 is 6.29 Å². The van der Waals surface area contributed by atoms with E-state index in [2.05, 4.69) is 6.92 Å². The summed E-state index contributed by atoms with van der Waals surface area (Å²) in [4.78, 5) is 11.7. The predicted molar refractivity (Wildman–Crippen MR) is 99.6 cm³/mol. The smallest absolute Gasteiger partial charge is 0.309 e. The quantitative estimate of drug-likeness (QED) is 0.255. The van der Waals surface area contributed by atoms with Crippen LogP contribution in [0.5, 0.6) is 0 Å². The normalized spacial score (nSPS) is 16.1. The van der Waals surface area contributed by atoms with E-state index in [1.165, 1.54) is 70.6 Å². The predicted octanol–water partition coefficient (Wildman–Crippen LogP) is 6.44. The van der Waals surface area contributed by atoms with Crippen molar-refractivity contribution in [3.05, 3.63) is 24.5 Å². The van der Waals surface area contributed by atoms with E-state index in [1.54, 1.807) is 18.4 Å². The first kappa shape index (κ1) is 20.8. The van der Waals surface area contributed by atoms with E-state index in [4.69, 9.17) is 9.47 Å². The van der Waals surface area contributed by atoms with Gasteiger partial charge >= 0.3 is 5.97 Å². The number of carbonyl (C=O) groups is 1. The van der Waals surface area contributed by atoms with Crippen LogP contribution in [0.3, 0.4) is 0 Å². The molecule has 0 radical (unpaired) electrons. The van der Waals surface area contributed by atoms with Crippen LogP contribution in [0.2, 0.25) is 0 Å². The number of unbranched alkanes of at least 4 members (excludes halogenated alkanes) is 12. The van der Waals surface area contributed by atoms with Crippen LogP contribution in [0, 0.1) is 0 Å². The third-order valence-electron chi connectivity index (χ3n) is 4.40. The number of esters is 1. The SMILES string of the molecule is CCCCCCCCCCCCCCCC(=O)OC1C=CC=CO1. The summed E-state index contributed by atoms with van der Waals surface area (Å²) in [5.41, 5.74) is 0. The van der Waals surface area contributed by atoms with Crippen LogP contribution in [0.1, 0.15) is 96.8 Å². The Balaban J connectivity index is 1.78. The Kier molecular flexibility index (Phi) is 13.2. The Hall–Kier alpha value is -1.25. The van der Waals surface area contributed by atoms with Crippen molar-refractivity contribution in [3.8, 4) is 0 Å². The van der Waals surface area contributed by atoms with E-state index in [9.17, 15) is 4.79 Å². The van der Waals surface area contributed by atoms with Gasteiger partial charge in [0.1, 0.15) is 0 Å². The second-order valence-corrected chi connectivity index (χ2v) is 6.70. The molecule has 138 valence electrons. The lowest BCUT2D eigenvalue weighted by molar-refractivity contribution is -0.162. The minimum atomic E-state index is -0.538. The van der Waals surface area contributed by atoms with Gasteiger partial charge in [0.2, 0.25) is 0 Å². The Morgan fingerprint density at radius 3 is 1.88 bits per heavy atom. The molecule has 0 amide bonds. The van der Waals surface area contributed by atoms with Crippen molar-refractivity contribution in [3.63, 3.8) is 0 Å². The Morgan fingerprint density at radius 2 is 1.38 bits per heavy atom. The summed E-state index contributed by atoms with van der Waals surface area (Å²) < 4.78 is 10.4. The summed E-state index contributed by atoms with van der Waals surface area (Å²) >= 11 is 0. The third-order valence-corrected chi connectivity index (χ3v) is 4.40. The number of carbonyl (C=O) groups excluding carboxylic acids is 1. The zero-order valence-electron chi connectivity index (χ0n) is 15.5. The van der Waals surface area contributed by atoms with Crippen molar-refractivity contribution in [2.75, 3.05) is 0 Å².